The van der Waals surface area contributed by atoms with Crippen molar-refractivity contribution in [2.24, 2.45) is 0 Å². The second-order valence-electron chi connectivity index (χ2n) is 4.35. The van der Waals surface area contributed by atoms with Crippen molar-refractivity contribution < 1.29 is 0 Å². The predicted molar refractivity (Wildman–Crippen MR) is 61.3 cm³/mol. The Balaban J connectivity index is 2.12. The van der Waals surface area contributed by atoms with E-state index in [0.717, 1.165) is 11.5 Å². The van der Waals surface area contributed by atoms with E-state index in [9.17, 15) is 0 Å². The van der Waals surface area contributed by atoms with Crippen LogP contribution in [0.2, 0.25) is 0 Å². The smallest absolute Gasteiger partial charge is 0.0441 e. The van der Waals surface area contributed by atoms with Gasteiger partial charge in [-0.1, -0.05) is 17.2 Å². The SMILES string of the molecule is CC1=C(Cl)/C(=C/N2CCCC2)CCC1. The third-order valence-corrected chi connectivity index (χ3v) is 3.70. The quantitative estimate of drug-likeness (QED) is 0.640. The molecular weight excluding hydrogens is 194 g/mol. The van der Waals surface area contributed by atoms with E-state index in [1.807, 2.05) is 0 Å². The van der Waals surface area contributed by atoms with E-state index in [4.69, 9.17) is 11.6 Å². The summed E-state index contributed by atoms with van der Waals surface area (Å²) < 4.78 is 0. The highest BCUT2D eigenvalue weighted by Gasteiger charge is 2.15. The molecule has 1 fully saturated rings. The molecule has 0 radical (unpaired) electrons. The van der Waals surface area contributed by atoms with Crippen molar-refractivity contribution in [3.63, 3.8) is 0 Å². The third kappa shape index (κ3) is 2.14. The number of halogens is 1. The Kier molecular flexibility index (Phi) is 3.17. The lowest BCUT2D eigenvalue weighted by atomic mass is 9.96. The van der Waals surface area contributed by atoms with Crippen LogP contribution >= 0.6 is 11.6 Å². The molecular formula is C12H18ClN. The van der Waals surface area contributed by atoms with Crippen LogP contribution in [0.5, 0.6) is 0 Å². The van der Waals surface area contributed by atoms with Gasteiger partial charge in [-0.05, 0) is 44.6 Å². The summed E-state index contributed by atoms with van der Waals surface area (Å²) in [6.07, 6.45) is 8.57. The second kappa shape index (κ2) is 4.39. The Labute approximate surface area is 91.4 Å². The molecule has 1 aliphatic carbocycles. The summed E-state index contributed by atoms with van der Waals surface area (Å²) in [4.78, 5) is 2.41. The van der Waals surface area contributed by atoms with Gasteiger partial charge in [0.2, 0.25) is 0 Å². The number of hydrogen-bond acceptors (Lipinski definition) is 1. The van der Waals surface area contributed by atoms with Crippen molar-refractivity contribution in [1.29, 1.82) is 0 Å². The summed E-state index contributed by atoms with van der Waals surface area (Å²) in [5.41, 5.74) is 2.72. The van der Waals surface area contributed by atoms with Crippen molar-refractivity contribution >= 4 is 11.6 Å². The Morgan fingerprint density at radius 2 is 1.86 bits per heavy atom. The minimum absolute atomic E-state index is 1.03. The summed E-state index contributed by atoms with van der Waals surface area (Å²) in [5, 5.41) is 1.03. The lowest BCUT2D eigenvalue weighted by molar-refractivity contribution is 0.462. The maximum atomic E-state index is 6.30. The molecule has 0 bridgehead atoms. The fourth-order valence-electron chi connectivity index (χ4n) is 2.25. The number of allylic oxidation sites excluding steroid dienone is 3. The van der Waals surface area contributed by atoms with Crippen molar-refractivity contribution in [2.75, 3.05) is 13.1 Å². The molecule has 1 aliphatic heterocycles. The predicted octanol–water partition coefficient (Wildman–Crippen LogP) is 3.66. The van der Waals surface area contributed by atoms with E-state index < -0.39 is 0 Å². The minimum Gasteiger partial charge on any atom is -0.377 e. The van der Waals surface area contributed by atoms with Crippen LogP contribution in [0.3, 0.4) is 0 Å². The van der Waals surface area contributed by atoms with Gasteiger partial charge in [-0.15, -0.1) is 0 Å². The zero-order valence-corrected chi connectivity index (χ0v) is 9.61. The van der Waals surface area contributed by atoms with Crippen LogP contribution in [-0.4, -0.2) is 18.0 Å². The van der Waals surface area contributed by atoms with Crippen LogP contribution in [0.1, 0.15) is 39.0 Å². The molecule has 0 aromatic rings. The van der Waals surface area contributed by atoms with Crippen LogP contribution in [-0.2, 0) is 0 Å². The van der Waals surface area contributed by atoms with Gasteiger partial charge in [0.1, 0.15) is 0 Å². The standard InChI is InChI=1S/C12H18ClN/c1-10-5-4-6-11(12(10)13)9-14-7-2-3-8-14/h9H,2-8H2,1H3/b11-9+. The summed E-state index contributed by atoms with van der Waals surface area (Å²) >= 11 is 6.30. The van der Waals surface area contributed by atoms with Gasteiger partial charge in [0.05, 0.1) is 0 Å². The molecule has 1 heterocycles. The molecule has 1 saturated heterocycles. The number of hydrogen-bond donors (Lipinski definition) is 0. The first-order valence-corrected chi connectivity index (χ1v) is 5.95. The van der Waals surface area contributed by atoms with Gasteiger partial charge in [0.25, 0.3) is 0 Å². The Hall–Kier alpha value is -0.430. The molecule has 0 unspecified atom stereocenters. The van der Waals surface area contributed by atoms with Crippen LogP contribution in [0.15, 0.2) is 22.4 Å². The minimum atomic E-state index is 1.03. The molecule has 0 atom stereocenters. The van der Waals surface area contributed by atoms with Crippen molar-refractivity contribution in [1.82, 2.24) is 4.90 Å². The highest BCUT2D eigenvalue weighted by atomic mass is 35.5. The van der Waals surface area contributed by atoms with Crippen LogP contribution in [0.4, 0.5) is 0 Å². The fraction of sp³-hybridized carbons (Fsp3) is 0.667. The van der Waals surface area contributed by atoms with Gasteiger partial charge in [-0.25, -0.2) is 0 Å². The zero-order chi connectivity index (χ0) is 9.97. The van der Waals surface area contributed by atoms with Gasteiger partial charge in [0.15, 0.2) is 0 Å². The average Bonchev–Trinajstić information content (AvgIpc) is 2.66. The molecule has 0 aromatic heterocycles. The van der Waals surface area contributed by atoms with Crippen molar-refractivity contribution in [2.45, 2.75) is 39.0 Å². The molecule has 0 amide bonds. The van der Waals surface area contributed by atoms with Crippen molar-refractivity contribution in [3.8, 4) is 0 Å². The third-order valence-electron chi connectivity index (χ3n) is 3.13. The molecule has 2 rings (SSSR count). The van der Waals surface area contributed by atoms with Gasteiger partial charge in [-0.3, -0.25) is 0 Å². The molecule has 2 aliphatic rings. The Bertz CT molecular complexity index is 272. The maximum absolute atomic E-state index is 6.30. The molecule has 0 spiro atoms. The van der Waals surface area contributed by atoms with E-state index >= 15 is 0 Å². The molecule has 0 aromatic carbocycles. The van der Waals surface area contributed by atoms with Crippen LogP contribution in [0, 0.1) is 0 Å². The van der Waals surface area contributed by atoms with E-state index in [1.165, 1.54) is 49.9 Å². The summed E-state index contributed by atoms with van der Waals surface area (Å²) in [6, 6.07) is 0. The average molecular weight is 212 g/mol. The summed E-state index contributed by atoms with van der Waals surface area (Å²) in [6.45, 7) is 4.58. The normalized spacial score (nSPS) is 26.4. The lowest BCUT2D eigenvalue weighted by Crippen LogP contribution is -2.13. The molecule has 14 heavy (non-hydrogen) atoms. The molecule has 2 heteroatoms. The number of nitrogens with zero attached hydrogens (tertiary/aromatic N) is 1. The van der Waals surface area contributed by atoms with E-state index in [-0.39, 0.29) is 0 Å². The Morgan fingerprint density at radius 1 is 1.14 bits per heavy atom. The van der Waals surface area contributed by atoms with E-state index in [1.54, 1.807) is 0 Å². The topological polar surface area (TPSA) is 3.24 Å². The highest BCUT2D eigenvalue weighted by molar-refractivity contribution is 6.32. The van der Waals surface area contributed by atoms with Crippen LogP contribution in [0.25, 0.3) is 0 Å². The first kappa shape index (κ1) is 10.1. The molecule has 78 valence electrons. The second-order valence-corrected chi connectivity index (χ2v) is 4.72. The maximum Gasteiger partial charge on any atom is 0.0441 e. The monoisotopic (exact) mass is 211 g/mol. The van der Waals surface area contributed by atoms with Gasteiger partial charge in [0, 0.05) is 24.3 Å². The first-order valence-electron chi connectivity index (χ1n) is 5.58. The summed E-state index contributed by atoms with van der Waals surface area (Å²) in [7, 11) is 0. The largest absolute Gasteiger partial charge is 0.377 e. The number of likely N-dealkylation sites (tertiary alicyclic amines) is 1. The lowest BCUT2D eigenvalue weighted by Gasteiger charge is -2.20. The van der Waals surface area contributed by atoms with Crippen LogP contribution < -0.4 is 0 Å². The first-order chi connectivity index (χ1) is 6.77. The number of rotatable bonds is 1. The van der Waals surface area contributed by atoms with Gasteiger partial charge in [-0.2, -0.15) is 0 Å². The van der Waals surface area contributed by atoms with Gasteiger partial charge >= 0.3 is 0 Å². The highest BCUT2D eigenvalue weighted by Crippen LogP contribution is 2.32. The molecule has 0 saturated carbocycles. The van der Waals surface area contributed by atoms with Crippen molar-refractivity contribution in [3.05, 3.63) is 22.4 Å². The molecule has 0 N–H and O–H groups in total. The van der Waals surface area contributed by atoms with E-state index in [0.29, 0.717) is 0 Å². The zero-order valence-electron chi connectivity index (χ0n) is 8.85. The Morgan fingerprint density at radius 3 is 2.57 bits per heavy atom. The fourth-order valence-corrected chi connectivity index (χ4v) is 2.49. The summed E-state index contributed by atoms with van der Waals surface area (Å²) in [5.74, 6) is 0. The van der Waals surface area contributed by atoms with Gasteiger partial charge < -0.3 is 4.90 Å². The molecule has 1 nitrogen and oxygen atoms in total. The van der Waals surface area contributed by atoms with E-state index in [2.05, 4.69) is 18.0 Å².